The van der Waals surface area contributed by atoms with E-state index in [4.69, 9.17) is 14.5 Å². The van der Waals surface area contributed by atoms with E-state index in [2.05, 4.69) is 25.9 Å². The number of ether oxygens (including phenoxy) is 2. The first kappa shape index (κ1) is 24.4. The number of carbonyl (C=O) groups excluding carboxylic acids is 2. The lowest BCUT2D eigenvalue weighted by atomic mass is 9.91. The van der Waals surface area contributed by atoms with Crippen LogP contribution in [0.2, 0.25) is 0 Å². The van der Waals surface area contributed by atoms with Crippen molar-refractivity contribution in [1.82, 2.24) is 25.6 Å². The van der Waals surface area contributed by atoms with Crippen LogP contribution in [0.5, 0.6) is 11.5 Å². The number of hydrogen-bond donors (Lipinski definition) is 3. The highest BCUT2D eigenvalue weighted by atomic mass is 32.2. The number of imide groups is 1. The second-order valence-electron chi connectivity index (χ2n) is 9.31. The number of pyridine rings is 1. The Bertz CT molecular complexity index is 1410. The lowest BCUT2D eigenvalue weighted by Crippen LogP contribution is -2.37. The van der Waals surface area contributed by atoms with Crippen molar-refractivity contribution in [3.8, 4) is 22.8 Å². The van der Waals surface area contributed by atoms with Crippen LogP contribution in [0.25, 0.3) is 17.3 Å². The molecule has 3 aromatic rings. The number of rotatable bonds is 7. The van der Waals surface area contributed by atoms with Crippen molar-refractivity contribution in [2.75, 3.05) is 12.1 Å². The second kappa shape index (κ2) is 10.8. The highest BCUT2D eigenvalue weighted by Gasteiger charge is 2.25. The molecule has 11 heteroatoms. The van der Waals surface area contributed by atoms with Gasteiger partial charge < -0.3 is 20.1 Å². The summed E-state index contributed by atoms with van der Waals surface area (Å²) in [4.78, 5) is 37.2. The van der Waals surface area contributed by atoms with Gasteiger partial charge in [-0.1, -0.05) is 6.07 Å². The summed E-state index contributed by atoms with van der Waals surface area (Å²) in [5, 5.41) is 8.96. The summed E-state index contributed by atoms with van der Waals surface area (Å²) in [6.07, 6.45) is 7.30. The first-order valence-corrected chi connectivity index (χ1v) is 13.3. The van der Waals surface area contributed by atoms with E-state index in [1.54, 1.807) is 18.3 Å². The Morgan fingerprint density at radius 2 is 1.84 bits per heavy atom. The van der Waals surface area contributed by atoms with Crippen LogP contribution in [0.1, 0.15) is 37.1 Å². The Morgan fingerprint density at radius 3 is 2.68 bits per heavy atom. The molecule has 2 amide bonds. The van der Waals surface area contributed by atoms with E-state index in [-0.39, 0.29) is 18.1 Å². The Hall–Kier alpha value is -3.96. The molecule has 2 fully saturated rings. The molecule has 0 atom stereocenters. The van der Waals surface area contributed by atoms with E-state index >= 15 is 0 Å². The van der Waals surface area contributed by atoms with E-state index < -0.39 is 5.91 Å². The summed E-state index contributed by atoms with van der Waals surface area (Å²) in [5.74, 6) is 1.65. The van der Waals surface area contributed by atoms with Crippen molar-refractivity contribution >= 4 is 34.9 Å². The van der Waals surface area contributed by atoms with Crippen molar-refractivity contribution in [2.24, 2.45) is 0 Å². The number of aromatic nitrogens is 3. The SMILES string of the molecule is O=C1NC(=O)C(=Cc2ccnc(NC3CCC(NCc4cccc(-c5ccc6c(c5)OCO6)n4)CC3)n2)S1. The zero-order chi connectivity index (χ0) is 25.9. The molecule has 1 saturated heterocycles. The van der Waals surface area contributed by atoms with E-state index in [1.165, 1.54) is 0 Å². The van der Waals surface area contributed by atoms with Gasteiger partial charge in [0.15, 0.2) is 11.5 Å². The molecule has 3 N–H and O–H groups in total. The number of amides is 2. The fourth-order valence-corrected chi connectivity index (χ4v) is 5.41. The van der Waals surface area contributed by atoms with Crippen LogP contribution in [-0.2, 0) is 11.3 Å². The molecule has 194 valence electrons. The predicted molar refractivity (Wildman–Crippen MR) is 143 cm³/mol. The number of carbonyl (C=O) groups is 2. The number of thioether (sulfide) groups is 1. The van der Waals surface area contributed by atoms with Crippen molar-refractivity contribution in [3.63, 3.8) is 0 Å². The summed E-state index contributed by atoms with van der Waals surface area (Å²) in [5.41, 5.74) is 3.49. The molecule has 0 spiro atoms. The van der Waals surface area contributed by atoms with Gasteiger partial charge in [0.05, 0.1) is 22.0 Å². The zero-order valence-electron chi connectivity index (χ0n) is 20.5. The third-order valence-electron chi connectivity index (χ3n) is 6.71. The smallest absolute Gasteiger partial charge is 0.290 e. The van der Waals surface area contributed by atoms with Crippen LogP contribution >= 0.6 is 11.8 Å². The van der Waals surface area contributed by atoms with Crippen molar-refractivity contribution in [3.05, 3.63) is 65.0 Å². The van der Waals surface area contributed by atoms with Crippen LogP contribution < -0.4 is 25.4 Å². The van der Waals surface area contributed by atoms with Gasteiger partial charge in [0.25, 0.3) is 11.1 Å². The summed E-state index contributed by atoms with van der Waals surface area (Å²) >= 11 is 0.877. The molecule has 3 aliphatic rings. The summed E-state index contributed by atoms with van der Waals surface area (Å²) in [6, 6.07) is 14.4. The van der Waals surface area contributed by atoms with E-state index in [1.807, 2.05) is 36.4 Å². The monoisotopic (exact) mass is 530 g/mol. The number of fused-ring (bicyclic) bond motifs is 1. The van der Waals surface area contributed by atoms with Gasteiger partial charge in [0, 0.05) is 30.4 Å². The third-order valence-corrected chi connectivity index (χ3v) is 7.52. The standard InChI is InChI=1S/C27H26N6O4S/c34-25-24(38-27(35)33-25)13-19-10-11-28-26(32-19)31-18-7-5-17(6-8-18)29-14-20-2-1-3-21(30-20)16-4-9-22-23(12-16)37-15-36-22/h1-4,9-13,17-18,29H,5-8,14-15H2,(H,28,31,32)(H,33,34,35). The van der Waals surface area contributed by atoms with Crippen LogP contribution in [0.3, 0.4) is 0 Å². The van der Waals surface area contributed by atoms with Gasteiger partial charge in [0.1, 0.15) is 0 Å². The first-order chi connectivity index (χ1) is 18.6. The van der Waals surface area contributed by atoms with Gasteiger partial charge in [-0.3, -0.25) is 19.9 Å². The largest absolute Gasteiger partial charge is 0.454 e. The average molecular weight is 531 g/mol. The normalized spacial score (nSPS) is 21.5. The molecule has 1 aliphatic carbocycles. The van der Waals surface area contributed by atoms with E-state index in [0.717, 1.165) is 65.9 Å². The van der Waals surface area contributed by atoms with Crippen molar-refractivity contribution in [2.45, 2.75) is 44.3 Å². The minimum atomic E-state index is -0.395. The van der Waals surface area contributed by atoms with Crippen molar-refractivity contribution in [1.29, 1.82) is 0 Å². The fraction of sp³-hybridized carbons (Fsp3) is 0.296. The molecule has 0 radical (unpaired) electrons. The molecular weight excluding hydrogens is 504 g/mol. The van der Waals surface area contributed by atoms with Gasteiger partial charge in [-0.2, -0.15) is 0 Å². The Morgan fingerprint density at radius 1 is 1.00 bits per heavy atom. The summed E-state index contributed by atoms with van der Waals surface area (Å²) in [6.45, 7) is 0.961. The lowest BCUT2D eigenvalue weighted by molar-refractivity contribution is -0.115. The quantitative estimate of drug-likeness (QED) is 0.384. The molecule has 4 heterocycles. The number of benzene rings is 1. The predicted octanol–water partition coefficient (Wildman–Crippen LogP) is 4.10. The Kier molecular flexibility index (Phi) is 6.93. The zero-order valence-corrected chi connectivity index (χ0v) is 21.3. The van der Waals surface area contributed by atoms with Gasteiger partial charge >= 0.3 is 0 Å². The maximum absolute atomic E-state index is 11.8. The highest BCUT2D eigenvalue weighted by Crippen LogP contribution is 2.35. The molecule has 1 aromatic carbocycles. The van der Waals surface area contributed by atoms with Crippen LogP contribution in [0, 0.1) is 0 Å². The molecular formula is C27H26N6O4S. The molecule has 2 aliphatic heterocycles. The number of anilines is 1. The molecule has 0 bridgehead atoms. The Labute approximate surface area is 223 Å². The van der Waals surface area contributed by atoms with Gasteiger partial charge in [-0.05, 0) is 79.9 Å². The van der Waals surface area contributed by atoms with Gasteiger partial charge in [-0.15, -0.1) is 0 Å². The molecule has 6 rings (SSSR count). The second-order valence-corrected chi connectivity index (χ2v) is 10.3. The number of nitrogens with one attached hydrogen (secondary N) is 3. The van der Waals surface area contributed by atoms with Crippen LogP contribution in [0.4, 0.5) is 10.7 Å². The third kappa shape index (κ3) is 5.63. The lowest BCUT2D eigenvalue weighted by Gasteiger charge is -2.29. The molecule has 38 heavy (non-hydrogen) atoms. The summed E-state index contributed by atoms with van der Waals surface area (Å²) < 4.78 is 10.9. The maximum Gasteiger partial charge on any atom is 0.290 e. The molecule has 1 saturated carbocycles. The molecule has 0 unspecified atom stereocenters. The topological polar surface area (TPSA) is 127 Å². The first-order valence-electron chi connectivity index (χ1n) is 12.5. The van der Waals surface area contributed by atoms with Crippen LogP contribution in [-0.4, -0.2) is 45.0 Å². The van der Waals surface area contributed by atoms with Crippen molar-refractivity contribution < 1.29 is 19.1 Å². The average Bonchev–Trinajstić information content (AvgIpc) is 3.53. The van der Waals surface area contributed by atoms with Crippen LogP contribution in [0.15, 0.2) is 53.6 Å². The summed E-state index contributed by atoms with van der Waals surface area (Å²) in [7, 11) is 0. The molecule has 10 nitrogen and oxygen atoms in total. The minimum absolute atomic E-state index is 0.258. The minimum Gasteiger partial charge on any atom is -0.454 e. The van der Waals surface area contributed by atoms with E-state index in [9.17, 15) is 9.59 Å². The maximum atomic E-state index is 11.8. The number of hydrogen-bond acceptors (Lipinski definition) is 10. The van der Waals surface area contributed by atoms with Gasteiger partial charge in [0.2, 0.25) is 12.7 Å². The highest BCUT2D eigenvalue weighted by molar-refractivity contribution is 8.18. The Balaban J connectivity index is 1.00. The fourth-order valence-electron chi connectivity index (χ4n) is 4.75. The van der Waals surface area contributed by atoms with Gasteiger partial charge in [-0.25, -0.2) is 9.97 Å². The van der Waals surface area contributed by atoms with E-state index in [0.29, 0.717) is 29.1 Å². The number of nitrogens with zero attached hydrogens (tertiary/aromatic N) is 3. The molecule has 2 aromatic heterocycles.